The van der Waals surface area contributed by atoms with Crippen molar-refractivity contribution in [1.82, 2.24) is 0 Å². The average molecular weight is 514 g/mol. The predicted octanol–water partition coefficient (Wildman–Crippen LogP) is 3.26. The molecule has 0 saturated heterocycles. The van der Waals surface area contributed by atoms with Crippen molar-refractivity contribution < 1.29 is 34.4 Å². The molecular formula is C24H29Cl2NO7. The first-order chi connectivity index (χ1) is 16.0. The van der Waals surface area contributed by atoms with Crippen LogP contribution in [0.1, 0.15) is 31.2 Å². The van der Waals surface area contributed by atoms with Crippen molar-refractivity contribution in [2.75, 3.05) is 13.7 Å². The zero-order valence-electron chi connectivity index (χ0n) is 18.7. The van der Waals surface area contributed by atoms with Gasteiger partial charge in [0.2, 0.25) is 5.91 Å². The lowest BCUT2D eigenvalue weighted by Crippen LogP contribution is -2.34. The maximum Gasteiger partial charge on any atom is 0.303 e. The standard InChI is InChI=1S/C21H22Cl2O5.C3H7NO2/c22-16-10-15(11-17(23)12-16)14-7-4-13(5-8-14)6-9-19(25)21(28)18(24)2-1-3-20(26)27;1-6-2-3(4)5/h4-5,7-8,10-12,19,21,25,28H,1-3,6,9H2,(H,26,27);2H2,1H3,(H2,4,5). The number of aliphatic hydroxyl groups excluding tert-OH is 2. The Hall–Kier alpha value is -2.49. The van der Waals surface area contributed by atoms with Crippen molar-refractivity contribution in [2.24, 2.45) is 5.73 Å². The number of hydrogen-bond acceptors (Lipinski definition) is 6. The van der Waals surface area contributed by atoms with Crippen LogP contribution in [-0.4, -0.2) is 58.9 Å². The summed E-state index contributed by atoms with van der Waals surface area (Å²) < 4.78 is 4.33. The number of methoxy groups -OCH3 is 1. The molecule has 5 N–H and O–H groups in total. The summed E-state index contributed by atoms with van der Waals surface area (Å²) in [6.45, 7) is 0.0139. The number of aliphatic hydroxyl groups is 2. The molecule has 2 aromatic carbocycles. The second-order valence-corrected chi connectivity index (χ2v) is 8.39. The Morgan fingerprint density at radius 1 is 0.971 bits per heavy atom. The second kappa shape index (κ2) is 15.4. The van der Waals surface area contributed by atoms with Crippen molar-refractivity contribution in [3.63, 3.8) is 0 Å². The first-order valence-electron chi connectivity index (χ1n) is 10.5. The van der Waals surface area contributed by atoms with Crippen LogP contribution in [0.5, 0.6) is 0 Å². The van der Waals surface area contributed by atoms with Gasteiger partial charge < -0.3 is 25.8 Å². The van der Waals surface area contributed by atoms with Crippen LogP contribution in [0.2, 0.25) is 10.0 Å². The summed E-state index contributed by atoms with van der Waals surface area (Å²) in [4.78, 5) is 32.0. The largest absolute Gasteiger partial charge is 0.481 e. The minimum absolute atomic E-state index is 0.0139. The number of carbonyl (C=O) groups is 3. The Balaban J connectivity index is 0.000000852. The first-order valence-corrected chi connectivity index (χ1v) is 11.2. The normalized spacial score (nSPS) is 12.3. The SMILES string of the molecule is COCC(N)=O.O=C(O)CCCC(=O)C(O)C(O)CCc1ccc(-c2cc(Cl)cc(Cl)c2)cc1. The van der Waals surface area contributed by atoms with Gasteiger partial charge in [-0.25, -0.2) is 0 Å². The highest BCUT2D eigenvalue weighted by Gasteiger charge is 2.23. The van der Waals surface area contributed by atoms with E-state index in [1.54, 1.807) is 6.07 Å². The molecule has 34 heavy (non-hydrogen) atoms. The Kier molecular flexibility index (Phi) is 13.4. The van der Waals surface area contributed by atoms with Gasteiger partial charge in [0.1, 0.15) is 12.7 Å². The van der Waals surface area contributed by atoms with Crippen LogP contribution in [0.4, 0.5) is 0 Å². The molecule has 0 bridgehead atoms. The highest BCUT2D eigenvalue weighted by Crippen LogP contribution is 2.27. The number of hydrogen-bond donors (Lipinski definition) is 4. The van der Waals surface area contributed by atoms with Crippen LogP contribution < -0.4 is 5.73 Å². The lowest BCUT2D eigenvalue weighted by molar-refractivity contribution is -0.137. The van der Waals surface area contributed by atoms with Gasteiger partial charge in [-0.2, -0.15) is 0 Å². The van der Waals surface area contributed by atoms with E-state index in [-0.39, 0.29) is 32.3 Å². The Morgan fingerprint density at radius 3 is 2.03 bits per heavy atom. The van der Waals surface area contributed by atoms with Gasteiger partial charge >= 0.3 is 5.97 Å². The van der Waals surface area contributed by atoms with E-state index in [0.717, 1.165) is 16.7 Å². The number of nitrogens with two attached hydrogens (primary N) is 1. The Labute approximate surface area is 208 Å². The molecular weight excluding hydrogens is 485 g/mol. The topological polar surface area (TPSA) is 147 Å². The monoisotopic (exact) mass is 513 g/mol. The third-order valence-electron chi connectivity index (χ3n) is 4.67. The van der Waals surface area contributed by atoms with E-state index >= 15 is 0 Å². The van der Waals surface area contributed by atoms with Crippen LogP contribution in [0, 0.1) is 0 Å². The first kappa shape index (κ1) is 29.5. The summed E-state index contributed by atoms with van der Waals surface area (Å²) in [5, 5.41) is 29.6. The molecule has 0 aliphatic rings. The number of halogens is 2. The lowest BCUT2D eigenvalue weighted by Gasteiger charge is -2.16. The zero-order chi connectivity index (χ0) is 25.7. The van der Waals surface area contributed by atoms with Crippen molar-refractivity contribution in [1.29, 1.82) is 0 Å². The van der Waals surface area contributed by atoms with Crippen LogP contribution in [0.25, 0.3) is 11.1 Å². The number of carbonyl (C=O) groups excluding carboxylic acids is 2. The van der Waals surface area contributed by atoms with Crippen LogP contribution >= 0.6 is 23.2 Å². The molecule has 186 valence electrons. The van der Waals surface area contributed by atoms with Crippen molar-refractivity contribution >= 4 is 40.9 Å². The van der Waals surface area contributed by atoms with E-state index in [0.29, 0.717) is 16.5 Å². The smallest absolute Gasteiger partial charge is 0.303 e. The molecule has 2 aromatic rings. The lowest BCUT2D eigenvalue weighted by atomic mass is 9.97. The fourth-order valence-corrected chi connectivity index (χ4v) is 3.50. The number of aliphatic carboxylic acids is 1. The quantitative estimate of drug-likeness (QED) is 0.340. The minimum atomic E-state index is -1.50. The minimum Gasteiger partial charge on any atom is -0.481 e. The summed E-state index contributed by atoms with van der Waals surface area (Å²) in [6, 6.07) is 12.9. The molecule has 0 fully saturated rings. The summed E-state index contributed by atoms with van der Waals surface area (Å²) in [5.74, 6) is -1.97. The van der Waals surface area contributed by atoms with Gasteiger partial charge in [-0.3, -0.25) is 14.4 Å². The molecule has 2 rings (SSSR count). The number of carboxylic acids is 1. The molecule has 8 nitrogen and oxygen atoms in total. The molecule has 1 amide bonds. The molecule has 0 spiro atoms. The molecule has 10 heteroatoms. The van der Waals surface area contributed by atoms with E-state index in [1.165, 1.54) is 7.11 Å². The van der Waals surface area contributed by atoms with Gasteiger partial charge in [0, 0.05) is 30.0 Å². The Morgan fingerprint density at radius 2 is 1.56 bits per heavy atom. The molecule has 2 unspecified atom stereocenters. The number of amides is 1. The van der Waals surface area contributed by atoms with Gasteiger partial charge in [0.15, 0.2) is 5.78 Å². The number of ketones is 1. The highest BCUT2D eigenvalue weighted by molar-refractivity contribution is 6.35. The molecule has 0 saturated carbocycles. The van der Waals surface area contributed by atoms with E-state index < -0.39 is 29.9 Å². The summed E-state index contributed by atoms with van der Waals surface area (Å²) in [6.07, 6.45) is -2.05. The third-order valence-corrected chi connectivity index (χ3v) is 5.11. The fourth-order valence-electron chi connectivity index (χ4n) is 2.98. The number of benzene rings is 2. The van der Waals surface area contributed by atoms with Crippen LogP contribution in [-0.2, 0) is 25.5 Å². The molecule has 2 atom stereocenters. The second-order valence-electron chi connectivity index (χ2n) is 7.52. The van der Waals surface area contributed by atoms with Gasteiger partial charge in [-0.1, -0.05) is 47.5 Å². The van der Waals surface area contributed by atoms with Crippen molar-refractivity contribution in [3.8, 4) is 11.1 Å². The number of ether oxygens (including phenoxy) is 1. The predicted molar refractivity (Wildman–Crippen MR) is 130 cm³/mol. The molecule has 0 aliphatic carbocycles. The number of rotatable bonds is 12. The third kappa shape index (κ3) is 11.6. The van der Waals surface area contributed by atoms with Gasteiger partial charge in [0.05, 0.1) is 6.10 Å². The Bertz CT molecular complexity index is 931. The molecule has 0 aromatic heterocycles. The number of Topliss-reactive ketones (excluding diaryl/α,β-unsaturated/α-hetero) is 1. The van der Waals surface area contributed by atoms with Crippen molar-refractivity contribution in [2.45, 2.75) is 44.3 Å². The maximum atomic E-state index is 11.8. The van der Waals surface area contributed by atoms with E-state index in [4.69, 9.17) is 28.3 Å². The number of primary amides is 1. The van der Waals surface area contributed by atoms with Gasteiger partial charge in [0.25, 0.3) is 0 Å². The van der Waals surface area contributed by atoms with E-state index in [9.17, 15) is 24.6 Å². The zero-order valence-corrected chi connectivity index (χ0v) is 20.3. The van der Waals surface area contributed by atoms with Crippen LogP contribution in [0.3, 0.4) is 0 Å². The van der Waals surface area contributed by atoms with Gasteiger partial charge in [-0.15, -0.1) is 0 Å². The molecule has 0 radical (unpaired) electrons. The van der Waals surface area contributed by atoms with Crippen LogP contribution in [0.15, 0.2) is 42.5 Å². The number of carboxylic acid groups (broad SMARTS) is 1. The highest BCUT2D eigenvalue weighted by atomic mass is 35.5. The number of aryl methyl sites for hydroxylation is 1. The maximum absolute atomic E-state index is 11.8. The summed E-state index contributed by atoms with van der Waals surface area (Å²) >= 11 is 12.1. The van der Waals surface area contributed by atoms with E-state index in [2.05, 4.69) is 10.5 Å². The molecule has 0 aliphatic heterocycles. The van der Waals surface area contributed by atoms with Gasteiger partial charge in [-0.05, 0) is 54.2 Å². The summed E-state index contributed by atoms with van der Waals surface area (Å²) in [5.41, 5.74) is 7.43. The average Bonchev–Trinajstić information content (AvgIpc) is 2.76. The van der Waals surface area contributed by atoms with Crippen molar-refractivity contribution in [3.05, 3.63) is 58.1 Å². The van der Waals surface area contributed by atoms with E-state index in [1.807, 2.05) is 36.4 Å². The molecule has 0 heterocycles. The summed E-state index contributed by atoms with van der Waals surface area (Å²) in [7, 11) is 1.42. The fraction of sp³-hybridized carbons (Fsp3) is 0.375.